The largest absolute Gasteiger partial charge is 0.754 e. The van der Waals surface area contributed by atoms with Gasteiger partial charge in [0.2, 0.25) is 0 Å². The lowest BCUT2D eigenvalue weighted by atomic mass is 10.2. The van der Waals surface area contributed by atoms with Crippen LogP contribution < -0.4 is 9.84 Å². The average molecular weight is 275 g/mol. The lowest BCUT2D eigenvalue weighted by molar-refractivity contribution is 0.521. The van der Waals surface area contributed by atoms with Crippen LogP contribution in [-0.2, 0) is 17.8 Å². The first-order chi connectivity index (χ1) is 9.16. The summed E-state index contributed by atoms with van der Waals surface area (Å²) in [5.41, 5.74) is 5.59. The van der Waals surface area contributed by atoms with Gasteiger partial charge < -0.3 is 4.55 Å². The second-order valence-electron chi connectivity index (χ2n) is 4.17. The zero-order chi connectivity index (χ0) is 13.7. The first-order valence-electron chi connectivity index (χ1n) is 5.90. The van der Waals surface area contributed by atoms with E-state index in [1.165, 1.54) is 0 Å². The molecule has 4 nitrogen and oxygen atoms in total. The van der Waals surface area contributed by atoms with Crippen LogP contribution in [0.15, 0.2) is 54.6 Å². The summed E-state index contributed by atoms with van der Waals surface area (Å²) in [6.45, 7) is 2.41. The molecule has 0 fully saturated rings. The molecule has 0 aromatic heterocycles. The molecule has 0 aliphatic rings. The van der Waals surface area contributed by atoms with E-state index in [1.54, 1.807) is 12.1 Å². The van der Waals surface area contributed by atoms with Crippen molar-refractivity contribution < 1.29 is 8.76 Å². The molecule has 1 atom stereocenters. The zero-order valence-corrected chi connectivity index (χ0v) is 11.4. The molecule has 0 spiro atoms. The molecule has 100 valence electrons. The lowest BCUT2D eigenvalue weighted by Crippen LogP contribution is -2.38. The minimum atomic E-state index is -2.36. The summed E-state index contributed by atoms with van der Waals surface area (Å²) >= 11 is -2.36. The third kappa shape index (κ3) is 3.89. The SMILES string of the molecule is Cc1ccc(N(NCc2ccccc2)S(=O)[O-])cc1. The maximum absolute atomic E-state index is 11.3. The average Bonchev–Trinajstić information content (AvgIpc) is 2.42. The minimum absolute atomic E-state index is 0.447. The Hall–Kier alpha value is -1.69. The van der Waals surface area contributed by atoms with Gasteiger partial charge in [-0.15, -0.1) is 0 Å². The molecule has 1 unspecified atom stereocenters. The van der Waals surface area contributed by atoms with Gasteiger partial charge in [0.1, 0.15) is 0 Å². The summed E-state index contributed by atoms with van der Waals surface area (Å²) in [5.74, 6) is 0. The van der Waals surface area contributed by atoms with E-state index in [0.29, 0.717) is 12.2 Å². The van der Waals surface area contributed by atoms with Crippen molar-refractivity contribution in [1.82, 2.24) is 5.43 Å². The van der Waals surface area contributed by atoms with Crippen molar-refractivity contribution in [2.24, 2.45) is 0 Å². The smallest absolute Gasteiger partial charge is 0.0661 e. The fraction of sp³-hybridized carbons (Fsp3) is 0.143. The number of nitrogens with one attached hydrogen (secondary N) is 1. The van der Waals surface area contributed by atoms with Crippen molar-refractivity contribution in [2.75, 3.05) is 4.41 Å². The topological polar surface area (TPSA) is 55.4 Å². The van der Waals surface area contributed by atoms with Gasteiger partial charge in [0, 0.05) is 6.54 Å². The predicted molar refractivity (Wildman–Crippen MR) is 75.9 cm³/mol. The number of hydrogen-bond acceptors (Lipinski definition) is 3. The summed E-state index contributed by atoms with van der Waals surface area (Å²) < 4.78 is 23.7. The van der Waals surface area contributed by atoms with Gasteiger partial charge in [0.25, 0.3) is 0 Å². The monoisotopic (exact) mass is 275 g/mol. The van der Waals surface area contributed by atoms with Crippen LogP contribution in [0.4, 0.5) is 5.69 Å². The molecular weight excluding hydrogens is 260 g/mol. The number of rotatable bonds is 5. The number of benzene rings is 2. The third-order valence-electron chi connectivity index (χ3n) is 2.69. The summed E-state index contributed by atoms with van der Waals surface area (Å²) in [6.07, 6.45) is 0. The van der Waals surface area contributed by atoms with Crippen molar-refractivity contribution in [3.05, 3.63) is 65.7 Å². The molecule has 0 saturated carbocycles. The Balaban J connectivity index is 2.09. The standard InChI is InChI=1S/C14H16N2O2S/c1-12-7-9-14(10-8-12)16(19(17)18)15-11-13-5-3-2-4-6-13/h2-10,15H,11H2,1H3,(H,17,18)/p-1. The van der Waals surface area contributed by atoms with Crippen LogP contribution >= 0.6 is 0 Å². The molecule has 1 N–H and O–H groups in total. The second kappa shape index (κ2) is 6.47. The van der Waals surface area contributed by atoms with Crippen LogP contribution in [0.1, 0.15) is 11.1 Å². The predicted octanol–water partition coefficient (Wildman–Crippen LogP) is 2.30. The molecule has 0 heterocycles. The summed E-state index contributed by atoms with van der Waals surface area (Å²) in [6, 6.07) is 16.9. The van der Waals surface area contributed by atoms with Gasteiger partial charge in [-0.3, -0.25) is 4.21 Å². The van der Waals surface area contributed by atoms with Crippen molar-refractivity contribution in [1.29, 1.82) is 0 Å². The first kappa shape index (κ1) is 13.7. The fourth-order valence-electron chi connectivity index (χ4n) is 1.67. The first-order valence-corrected chi connectivity index (χ1v) is 6.93. The van der Waals surface area contributed by atoms with Gasteiger partial charge in [0.05, 0.1) is 17.0 Å². The molecule has 0 amide bonds. The van der Waals surface area contributed by atoms with E-state index >= 15 is 0 Å². The molecule has 19 heavy (non-hydrogen) atoms. The van der Waals surface area contributed by atoms with E-state index < -0.39 is 11.3 Å². The van der Waals surface area contributed by atoms with Crippen LogP contribution in [0.25, 0.3) is 0 Å². The highest BCUT2D eigenvalue weighted by molar-refractivity contribution is 7.80. The molecule has 0 aliphatic carbocycles. The van der Waals surface area contributed by atoms with Gasteiger partial charge in [-0.2, -0.15) is 0 Å². The van der Waals surface area contributed by atoms with Crippen molar-refractivity contribution in [2.45, 2.75) is 13.5 Å². The number of nitrogens with zero attached hydrogens (tertiary/aromatic N) is 1. The van der Waals surface area contributed by atoms with Crippen molar-refractivity contribution >= 4 is 17.0 Å². The summed E-state index contributed by atoms with van der Waals surface area (Å²) in [7, 11) is 0. The fourth-order valence-corrected chi connectivity index (χ4v) is 2.13. The Labute approximate surface area is 115 Å². The number of anilines is 1. The number of aryl methyl sites for hydroxylation is 1. The molecule has 0 bridgehead atoms. The molecule has 0 aliphatic heterocycles. The van der Waals surface area contributed by atoms with Gasteiger partial charge >= 0.3 is 0 Å². The summed E-state index contributed by atoms with van der Waals surface area (Å²) in [5, 5.41) is 0. The normalized spacial score (nSPS) is 12.1. The van der Waals surface area contributed by atoms with E-state index in [1.807, 2.05) is 49.4 Å². The highest BCUT2D eigenvalue weighted by Gasteiger charge is 2.06. The van der Waals surface area contributed by atoms with Gasteiger partial charge in [-0.1, -0.05) is 48.0 Å². The van der Waals surface area contributed by atoms with Gasteiger partial charge in [0.15, 0.2) is 0 Å². The summed E-state index contributed by atoms with van der Waals surface area (Å²) in [4.78, 5) is 0. The maximum atomic E-state index is 11.3. The molecule has 5 heteroatoms. The Kier molecular flexibility index (Phi) is 4.68. The highest BCUT2D eigenvalue weighted by atomic mass is 32.2. The van der Waals surface area contributed by atoms with E-state index in [9.17, 15) is 8.76 Å². The van der Waals surface area contributed by atoms with Crippen molar-refractivity contribution in [3.8, 4) is 0 Å². The lowest BCUT2D eigenvalue weighted by Gasteiger charge is -2.27. The van der Waals surface area contributed by atoms with Gasteiger partial charge in [-0.25, -0.2) is 9.84 Å². The number of hydrazine groups is 1. The van der Waals surface area contributed by atoms with Crippen LogP contribution in [0.2, 0.25) is 0 Å². The van der Waals surface area contributed by atoms with E-state index in [2.05, 4.69) is 5.43 Å². The molecule has 2 rings (SSSR count). The molecule has 2 aromatic rings. The Morgan fingerprint density at radius 2 is 1.74 bits per heavy atom. The Morgan fingerprint density at radius 1 is 1.11 bits per heavy atom. The second-order valence-corrected chi connectivity index (χ2v) is 4.97. The van der Waals surface area contributed by atoms with E-state index in [4.69, 9.17) is 0 Å². The minimum Gasteiger partial charge on any atom is -0.754 e. The molecule has 0 radical (unpaired) electrons. The quantitative estimate of drug-likeness (QED) is 0.673. The van der Waals surface area contributed by atoms with Crippen LogP contribution in [0.5, 0.6) is 0 Å². The molecular formula is C14H15N2O2S-. The molecule has 0 saturated heterocycles. The Morgan fingerprint density at radius 3 is 2.32 bits per heavy atom. The maximum Gasteiger partial charge on any atom is 0.0661 e. The van der Waals surface area contributed by atoms with Crippen LogP contribution in [-0.4, -0.2) is 8.76 Å². The van der Waals surface area contributed by atoms with Crippen LogP contribution in [0.3, 0.4) is 0 Å². The third-order valence-corrected chi connectivity index (χ3v) is 3.33. The van der Waals surface area contributed by atoms with Crippen LogP contribution in [0, 0.1) is 6.92 Å². The zero-order valence-electron chi connectivity index (χ0n) is 10.6. The van der Waals surface area contributed by atoms with Crippen molar-refractivity contribution in [3.63, 3.8) is 0 Å². The Bertz CT molecular complexity index is 543. The molecule has 2 aromatic carbocycles. The van der Waals surface area contributed by atoms with Gasteiger partial charge in [-0.05, 0) is 24.6 Å². The van der Waals surface area contributed by atoms with E-state index in [0.717, 1.165) is 15.5 Å². The van der Waals surface area contributed by atoms with E-state index in [-0.39, 0.29) is 0 Å². The highest BCUT2D eigenvalue weighted by Crippen LogP contribution is 2.14. The number of hydrogen-bond donors (Lipinski definition) is 1.